The summed E-state index contributed by atoms with van der Waals surface area (Å²) in [5, 5.41) is 0. The molecule has 2 N–H and O–H groups in total. The zero-order valence-electron chi connectivity index (χ0n) is 11.2. The van der Waals surface area contributed by atoms with Gasteiger partial charge in [-0.15, -0.1) is 0 Å². The molecule has 0 aliphatic rings. The lowest BCUT2D eigenvalue weighted by Gasteiger charge is -2.08. The monoisotopic (exact) mass is 269 g/mol. The molecule has 0 amide bonds. The van der Waals surface area contributed by atoms with E-state index in [4.69, 9.17) is 10.5 Å². The fourth-order valence-corrected chi connectivity index (χ4v) is 2.98. The van der Waals surface area contributed by atoms with Gasteiger partial charge in [-0.1, -0.05) is 26.0 Å². The second-order valence-electron chi connectivity index (χ2n) is 4.76. The van der Waals surface area contributed by atoms with Gasteiger partial charge in [0.2, 0.25) is 0 Å². The average molecular weight is 269 g/mol. The summed E-state index contributed by atoms with van der Waals surface area (Å²) in [5.41, 5.74) is 6.63. The molecule has 0 aromatic heterocycles. The van der Waals surface area contributed by atoms with Crippen molar-refractivity contribution in [3.8, 4) is 5.75 Å². The summed E-state index contributed by atoms with van der Waals surface area (Å²) < 4.78 is 17.2. The van der Waals surface area contributed by atoms with Crippen molar-refractivity contribution in [3.63, 3.8) is 0 Å². The van der Waals surface area contributed by atoms with Gasteiger partial charge in [-0.05, 0) is 30.0 Å². The smallest absolute Gasteiger partial charge is 0.119 e. The number of hydrogen-bond donors (Lipinski definition) is 1. The predicted octanol–water partition coefficient (Wildman–Crippen LogP) is 2.32. The van der Waals surface area contributed by atoms with Crippen molar-refractivity contribution in [2.75, 3.05) is 18.1 Å². The number of ether oxygens (including phenoxy) is 1. The molecule has 18 heavy (non-hydrogen) atoms. The lowest BCUT2D eigenvalue weighted by atomic mass is 10.2. The van der Waals surface area contributed by atoms with Crippen LogP contribution in [0.2, 0.25) is 0 Å². The summed E-state index contributed by atoms with van der Waals surface area (Å²) in [6.07, 6.45) is 0.826. The van der Waals surface area contributed by atoms with Crippen LogP contribution in [0, 0.1) is 5.92 Å². The number of hydrogen-bond acceptors (Lipinski definition) is 3. The quantitative estimate of drug-likeness (QED) is 0.737. The Morgan fingerprint density at radius 3 is 2.83 bits per heavy atom. The first-order chi connectivity index (χ1) is 8.61. The summed E-state index contributed by atoms with van der Waals surface area (Å²) in [5.74, 6) is 2.83. The first-order valence-corrected chi connectivity index (χ1v) is 7.87. The fourth-order valence-electron chi connectivity index (χ4n) is 1.63. The molecule has 102 valence electrons. The summed E-state index contributed by atoms with van der Waals surface area (Å²) in [6.45, 7) is 5.31. The highest BCUT2D eigenvalue weighted by Gasteiger charge is 2.03. The summed E-state index contributed by atoms with van der Waals surface area (Å²) in [4.78, 5) is 0. The van der Waals surface area contributed by atoms with Crippen molar-refractivity contribution in [3.05, 3.63) is 29.8 Å². The van der Waals surface area contributed by atoms with Crippen LogP contribution in [0.15, 0.2) is 24.3 Å². The van der Waals surface area contributed by atoms with Gasteiger partial charge >= 0.3 is 0 Å². The van der Waals surface area contributed by atoms with Crippen LogP contribution in [0.5, 0.6) is 5.75 Å². The Bertz CT molecular complexity index is 380. The number of benzene rings is 1. The van der Waals surface area contributed by atoms with Crippen molar-refractivity contribution in [2.45, 2.75) is 26.8 Å². The molecule has 1 aromatic rings. The largest absolute Gasteiger partial charge is 0.494 e. The maximum Gasteiger partial charge on any atom is 0.119 e. The van der Waals surface area contributed by atoms with E-state index in [0.717, 1.165) is 29.2 Å². The van der Waals surface area contributed by atoms with Gasteiger partial charge < -0.3 is 10.5 Å². The molecule has 0 aliphatic carbocycles. The molecule has 0 heterocycles. The van der Waals surface area contributed by atoms with Crippen LogP contribution in [-0.4, -0.2) is 22.3 Å². The van der Waals surface area contributed by atoms with Gasteiger partial charge in [0.25, 0.3) is 0 Å². The van der Waals surface area contributed by atoms with Crippen molar-refractivity contribution >= 4 is 10.8 Å². The Morgan fingerprint density at radius 2 is 2.17 bits per heavy atom. The SMILES string of the molecule is CC(C)CS(=O)CCCOc1cccc(CN)c1. The average Bonchev–Trinajstić information content (AvgIpc) is 2.34. The minimum absolute atomic E-state index is 0.494. The number of rotatable bonds is 8. The second kappa shape index (κ2) is 8.27. The molecule has 0 bridgehead atoms. The molecule has 0 fully saturated rings. The lowest BCUT2D eigenvalue weighted by Crippen LogP contribution is -2.10. The maximum atomic E-state index is 11.6. The molecule has 0 radical (unpaired) electrons. The molecule has 0 aliphatic heterocycles. The van der Waals surface area contributed by atoms with E-state index in [9.17, 15) is 4.21 Å². The van der Waals surface area contributed by atoms with E-state index < -0.39 is 10.8 Å². The Morgan fingerprint density at radius 1 is 1.39 bits per heavy atom. The van der Waals surface area contributed by atoms with E-state index in [1.54, 1.807) is 0 Å². The maximum absolute atomic E-state index is 11.6. The second-order valence-corrected chi connectivity index (χ2v) is 6.38. The van der Waals surface area contributed by atoms with Crippen molar-refractivity contribution in [2.24, 2.45) is 11.7 Å². The van der Waals surface area contributed by atoms with Crippen LogP contribution in [0.4, 0.5) is 0 Å². The van der Waals surface area contributed by atoms with E-state index >= 15 is 0 Å². The highest BCUT2D eigenvalue weighted by atomic mass is 32.2. The summed E-state index contributed by atoms with van der Waals surface area (Å²) >= 11 is 0. The van der Waals surface area contributed by atoms with Crippen LogP contribution in [0.25, 0.3) is 0 Å². The van der Waals surface area contributed by atoms with Gasteiger partial charge in [-0.2, -0.15) is 0 Å². The van der Waals surface area contributed by atoms with Gasteiger partial charge in [0.1, 0.15) is 5.75 Å². The highest BCUT2D eigenvalue weighted by molar-refractivity contribution is 7.84. The molecule has 3 nitrogen and oxygen atoms in total. The third-order valence-electron chi connectivity index (χ3n) is 2.44. The van der Waals surface area contributed by atoms with E-state index in [1.165, 1.54) is 0 Å². The topological polar surface area (TPSA) is 52.3 Å². The van der Waals surface area contributed by atoms with Gasteiger partial charge in [-0.25, -0.2) is 0 Å². The predicted molar refractivity (Wildman–Crippen MR) is 77.2 cm³/mol. The number of nitrogens with two attached hydrogens (primary N) is 1. The third kappa shape index (κ3) is 6.17. The van der Waals surface area contributed by atoms with Crippen molar-refractivity contribution < 1.29 is 8.95 Å². The summed E-state index contributed by atoms with van der Waals surface area (Å²) in [7, 11) is -0.714. The minimum Gasteiger partial charge on any atom is -0.494 e. The van der Waals surface area contributed by atoms with Gasteiger partial charge in [0, 0.05) is 28.9 Å². The molecule has 1 unspecified atom stereocenters. The molecule has 0 spiro atoms. The normalized spacial score (nSPS) is 12.7. The van der Waals surface area contributed by atoms with Gasteiger partial charge in [0.15, 0.2) is 0 Å². The Labute approximate surface area is 112 Å². The molecular weight excluding hydrogens is 246 g/mol. The van der Waals surface area contributed by atoms with E-state index in [2.05, 4.69) is 13.8 Å². The van der Waals surface area contributed by atoms with Gasteiger partial charge in [-0.3, -0.25) is 4.21 Å². The van der Waals surface area contributed by atoms with Crippen LogP contribution >= 0.6 is 0 Å². The van der Waals surface area contributed by atoms with Crippen LogP contribution in [0.3, 0.4) is 0 Å². The van der Waals surface area contributed by atoms with E-state index in [-0.39, 0.29) is 0 Å². The molecule has 1 atom stereocenters. The van der Waals surface area contributed by atoms with E-state index in [0.29, 0.717) is 19.1 Å². The third-order valence-corrected chi connectivity index (χ3v) is 4.22. The molecule has 1 rings (SSSR count). The molecule has 0 saturated carbocycles. The minimum atomic E-state index is -0.714. The molecule has 0 saturated heterocycles. The van der Waals surface area contributed by atoms with Crippen LogP contribution in [-0.2, 0) is 17.3 Å². The van der Waals surface area contributed by atoms with Gasteiger partial charge in [0.05, 0.1) is 6.61 Å². The Kier molecular flexibility index (Phi) is 6.98. The Hall–Kier alpha value is -0.870. The van der Waals surface area contributed by atoms with Crippen molar-refractivity contribution in [1.29, 1.82) is 0 Å². The zero-order chi connectivity index (χ0) is 13.4. The highest BCUT2D eigenvalue weighted by Crippen LogP contribution is 2.13. The van der Waals surface area contributed by atoms with E-state index in [1.807, 2.05) is 24.3 Å². The summed E-state index contributed by atoms with van der Waals surface area (Å²) in [6, 6.07) is 7.79. The lowest BCUT2D eigenvalue weighted by molar-refractivity contribution is 0.318. The standard InChI is InChI=1S/C14H23NO2S/c1-12(2)11-18(16)8-4-7-17-14-6-3-5-13(9-14)10-15/h3,5-6,9,12H,4,7-8,10-11,15H2,1-2H3. The first kappa shape index (κ1) is 15.2. The van der Waals surface area contributed by atoms with Crippen LogP contribution in [0.1, 0.15) is 25.8 Å². The first-order valence-electron chi connectivity index (χ1n) is 6.38. The molecule has 4 heteroatoms. The Balaban J connectivity index is 2.23. The van der Waals surface area contributed by atoms with Crippen molar-refractivity contribution in [1.82, 2.24) is 0 Å². The van der Waals surface area contributed by atoms with Crippen LogP contribution < -0.4 is 10.5 Å². The zero-order valence-corrected chi connectivity index (χ0v) is 12.0. The fraction of sp³-hybridized carbons (Fsp3) is 0.571. The molecular formula is C14H23NO2S. The molecule has 1 aromatic carbocycles.